The number of carbonyl (C=O) groups excluding carboxylic acids is 1. The van der Waals surface area contributed by atoms with Crippen molar-refractivity contribution in [3.05, 3.63) is 70.1 Å². The lowest BCUT2D eigenvalue weighted by molar-refractivity contribution is -0.151. The van der Waals surface area contributed by atoms with Crippen molar-refractivity contribution < 1.29 is 23.8 Å². The number of benzene rings is 2. The number of aromatic hydroxyl groups is 1. The van der Waals surface area contributed by atoms with E-state index in [1.807, 2.05) is 0 Å². The van der Waals surface area contributed by atoms with E-state index in [2.05, 4.69) is 0 Å². The fourth-order valence-electron chi connectivity index (χ4n) is 3.31. The molecular weight excluding hydrogens is 336 g/mol. The smallest absolute Gasteiger partial charge is 0.348 e. The van der Waals surface area contributed by atoms with Crippen molar-refractivity contribution in [1.29, 1.82) is 0 Å². The lowest BCUT2D eigenvalue weighted by Crippen LogP contribution is -2.32. The number of phenolic OH excluding ortho intramolecular Hbond substituents is 1. The van der Waals surface area contributed by atoms with Crippen molar-refractivity contribution in [2.24, 2.45) is 0 Å². The van der Waals surface area contributed by atoms with Gasteiger partial charge in [-0.1, -0.05) is 24.3 Å². The maximum absolute atomic E-state index is 12.7. The number of ether oxygens (including phenoxy) is 2. The van der Waals surface area contributed by atoms with Gasteiger partial charge in [0.25, 0.3) is 0 Å². The van der Waals surface area contributed by atoms with E-state index in [0.717, 1.165) is 0 Å². The Balaban J connectivity index is 1.94. The molecule has 6 nitrogen and oxygen atoms in total. The van der Waals surface area contributed by atoms with Gasteiger partial charge in [0.2, 0.25) is 6.10 Å². The fourth-order valence-corrected chi connectivity index (χ4v) is 3.31. The summed E-state index contributed by atoms with van der Waals surface area (Å²) in [5.41, 5.74) is 0.781. The third-order valence-corrected chi connectivity index (χ3v) is 4.43. The molecule has 26 heavy (non-hydrogen) atoms. The van der Waals surface area contributed by atoms with Crippen LogP contribution in [-0.2, 0) is 9.53 Å². The van der Waals surface area contributed by atoms with E-state index in [0.29, 0.717) is 22.3 Å². The number of fused-ring (bicyclic) bond motifs is 3. The van der Waals surface area contributed by atoms with Crippen LogP contribution in [-0.4, -0.2) is 23.8 Å². The summed E-state index contributed by atoms with van der Waals surface area (Å²) in [5.74, 6) is -0.796. The largest absolute Gasteiger partial charge is 0.508 e. The van der Waals surface area contributed by atoms with E-state index >= 15 is 0 Å². The summed E-state index contributed by atoms with van der Waals surface area (Å²) >= 11 is 0. The highest BCUT2D eigenvalue weighted by Gasteiger charge is 2.45. The summed E-state index contributed by atoms with van der Waals surface area (Å²) in [6, 6.07) is 13.3. The van der Waals surface area contributed by atoms with Gasteiger partial charge < -0.3 is 19.0 Å². The first-order valence-electron chi connectivity index (χ1n) is 8.28. The molecule has 1 aliphatic rings. The molecule has 3 aromatic rings. The summed E-state index contributed by atoms with van der Waals surface area (Å²) in [5, 5.41) is 10.2. The Kier molecular flexibility index (Phi) is 3.88. The van der Waals surface area contributed by atoms with Gasteiger partial charge in [0.1, 0.15) is 17.1 Å². The molecule has 2 atom stereocenters. The van der Waals surface area contributed by atoms with Gasteiger partial charge in [-0.2, -0.15) is 0 Å². The minimum absolute atomic E-state index is 0.0890. The number of hydrogen-bond acceptors (Lipinski definition) is 6. The third-order valence-electron chi connectivity index (χ3n) is 4.43. The van der Waals surface area contributed by atoms with Gasteiger partial charge >= 0.3 is 11.6 Å². The quantitative estimate of drug-likeness (QED) is 0.576. The number of hydrogen-bond donors (Lipinski definition) is 1. The second-order valence-electron chi connectivity index (χ2n) is 5.99. The normalized spacial score (nSPS) is 18.3. The molecular formula is C20H16O6. The summed E-state index contributed by atoms with van der Waals surface area (Å²) in [4.78, 5) is 25.1. The van der Waals surface area contributed by atoms with Gasteiger partial charge in [-0.05, 0) is 36.8 Å². The predicted octanol–water partition coefficient (Wildman–Crippen LogP) is 2.95. The molecule has 2 aromatic carbocycles. The van der Waals surface area contributed by atoms with Crippen molar-refractivity contribution in [3.8, 4) is 11.5 Å². The van der Waals surface area contributed by atoms with Gasteiger partial charge in [0, 0.05) is 0 Å². The molecule has 6 heteroatoms. The highest BCUT2D eigenvalue weighted by Crippen LogP contribution is 2.44. The first-order valence-corrected chi connectivity index (χ1v) is 8.28. The SMILES string of the molecule is CCOC(=O)[C@H]1Oc2c(c(=O)oc3ccccc23)[C@@H]1c1ccc(O)cc1. The van der Waals surface area contributed by atoms with E-state index in [4.69, 9.17) is 13.9 Å². The topological polar surface area (TPSA) is 86.0 Å². The zero-order valence-electron chi connectivity index (χ0n) is 14.0. The lowest BCUT2D eigenvalue weighted by Gasteiger charge is -2.17. The van der Waals surface area contributed by atoms with Crippen LogP contribution in [0.25, 0.3) is 11.0 Å². The van der Waals surface area contributed by atoms with Crippen LogP contribution in [0, 0.1) is 0 Å². The van der Waals surface area contributed by atoms with Crippen LogP contribution in [0.3, 0.4) is 0 Å². The summed E-state index contributed by atoms with van der Waals surface area (Å²) in [6.45, 7) is 1.91. The molecule has 132 valence electrons. The summed E-state index contributed by atoms with van der Waals surface area (Å²) in [6.07, 6.45) is -0.997. The summed E-state index contributed by atoms with van der Waals surface area (Å²) in [7, 11) is 0. The first-order chi connectivity index (χ1) is 12.6. The molecule has 0 unspecified atom stereocenters. The second-order valence-corrected chi connectivity index (χ2v) is 5.99. The second kappa shape index (κ2) is 6.22. The minimum atomic E-state index is -0.997. The Morgan fingerprint density at radius 2 is 1.88 bits per heavy atom. The van der Waals surface area contributed by atoms with Gasteiger partial charge in [-0.25, -0.2) is 9.59 Å². The summed E-state index contributed by atoms with van der Waals surface area (Å²) < 4.78 is 16.5. The van der Waals surface area contributed by atoms with E-state index in [9.17, 15) is 14.7 Å². The third kappa shape index (κ3) is 2.50. The maximum Gasteiger partial charge on any atom is 0.348 e. The van der Waals surface area contributed by atoms with Gasteiger partial charge in [-0.3, -0.25) is 0 Å². The number of rotatable bonds is 3. The molecule has 1 aromatic heterocycles. The van der Waals surface area contributed by atoms with Crippen LogP contribution in [0.2, 0.25) is 0 Å². The van der Waals surface area contributed by atoms with Gasteiger partial charge in [0.05, 0.1) is 23.5 Å². The Hall–Kier alpha value is -3.28. The van der Waals surface area contributed by atoms with Crippen LogP contribution in [0.15, 0.2) is 57.7 Å². The Morgan fingerprint density at radius 1 is 1.15 bits per heavy atom. The van der Waals surface area contributed by atoms with Crippen molar-refractivity contribution in [3.63, 3.8) is 0 Å². The highest BCUT2D eigenvalue weighted by molar-refractivity contribution is 5.88. The van der Waals surface area contributed by atoms with E-state index < -0.39 is 23.6 Å². The van der Waals surface area contributed by atoms with E-state index in [1.165, 1.54) is 12.1 Å². The van der Waals surface area contributed by atoms with Crippen LogP contribution in [0.4, 0.5) is 0 Å². The van der Waals surface area contributed by atoms with E-state index in [-0.39, 0.29) is 17.9 Å². The Labute approximate surface area is 148 Å². The molecule has 0 aliphatic carbocycles. The Bertz CT molecular complexity index is 1030. The maximum atomic E-state index is 12.7. The zero-order valence-corrected chi connectivity index (χ0v) is 14.0. The van der Waals surface area contributed by atoms with E-state index in [1.54, 1.807) is 43.3 Å². The van der Waals surface area contributed by atoms with Crippen LogP contribution < -0.4 is 10.4 Å². The van der Waals surface area contributed by atoms with Crippen molar-refractivity contribution in [2.75, 3.05) is 6.61 Å². The monoisotopic (exact) mass is 352 g/mol. The Morgan fingerprint density at radius 3 is 2.62 bits per heavy atom. The number of esters is 1. The van der Waals surface area contributed by atoms with Crippen LogP contribution >= 0.6 is 0 Å². The molecule has 2 heterocycles. The molecule has 0 spiro atoms. The molecule has 1 N–H and O–H groups in total. The minimum Gasteiger partial charge on any atom is -0.508 e. The standard InChI is InChI=1S/C20H16O6/c1-2-24-20(23)18-15(11-7-9-12(21)10-8-11)16-17(26-18)13-5-3-4-6-14(13)25-19(16)22/h3-10,15,18,21H,2H2,1H3/t15-,18-/m0/s1. The number of carbonyl (C=O) groups is 1. The van der Waals surface area contributed by atoms with Crippen LogP contribution in [0.5, 0.6) is 11.5 Å². The number of phenols is 1. The molecule has 0 bridgehead atoms. The molecule has 1 aliphatic heterocycles. The first kappa shape index (κ1) is 16.2. The van der Waals surface area contributed by atoms with Crippen molar-refractivity contribution >= 4 is 16.9 Å². The molecule has 0 saturated heterocycles. The number of para-hydroxylation sites is 1. The zero-order chi connectivity index (χ0) is 18.3. The van der Waals surface area contributed by atoms with Gasteiger partial charge in [-0.15, -0.1) is 0 Å². The average molecular weight is 352 g/mol. The van der Waals surface area contributed by atoms with Crippen LogP contribution in [0.1, 0.15) is 24.0 Å². The highest BCUT2D eigenvalue weighted by atomic mass is 16.6. The molecule has 0 amide bonds. The lowest BCUT2D eigenvalue weighted by atomic mass is 9.88. The molecule has 0 radical (unpaired) electrons. The van der Waals surface area contributed by atoms with Crippen molar-refractivity contribution in [2.45, 2.75) is 18.9 Å². The predicted molar refractivity (Wildman–Crippen MR) is 93.5 cm³/mol. The van der Waals surface area contributed by atoms with Gasteiger partial charge in [0.15, 0.2) is 0 Å². The van der Waals surface area contributed by atoms with Crippen molar-refractivity contribution in [1.82, 2.24) is 0 Å². The molecule has 0 fully saturated rings. The molecule has 4 rings (SSSR count). The molecule has 0 saturated carbocycles. The average Bonchev–Trinajstić information content (AvgIpc) is 3.04. The fraction of sp³-hybridized carbons (Fsp3) is 0.200.